The Labute approximate surface area is 319 Å². The van der Waals surface area contributed by atoms with E-state index >= 15 is 0 Å². The second-order valence-corrected chi connectivity index (χ2v) is 16.4. The van der Waals surface area contributed by atoms with Gasteiger partial charge >= 0.3 is 10.2 Å². The van der Waals surface area contributed by atoms with Crippen molar-refractivity contribution in [3.8, 4) is 11.5 Å². The van der Waals surface area contributed by atoms with E-state index in [9.17, 15) is 13.5 Å². The number of hydrogen-bond donors (Lipinski definition) is 4. The zero-order valence-corrected chi connectivity index (χ0v) is 32.4. The summed E-state index contributed by atoms with van der Waals surface area (Å²) < 4.78 is 43.2. The first-order chi connectivity index (χ1) is 25.9. The summed E-state index contributed by atoms with van der Waals surface area (Å²) in [6, 6.07) is 33.8. The number of amidine groups is 2. The Hall–Kier alpha value is -4.91. The molecule has 0 bridgehead atoms. The molecular formula is C42H52N6O5S. The lowest BCUT2D eigenvalue weighted by Crippen LogP contribution is -2.46. The van der Waals surface area contributed by atoms with Crippen molar-refractivity contribution < 1.29 is 23.0 Å². The van der Waals surface area contributed by atoms with Gasteiger partial charge in [0, 0.05) is 43.0 Å². The lowest BCUT2D eigenvalue weighted by Gasteiger charge is -2.28. The molecular weight excluding hydrogens is 701 g/mol. The fourth-order valence-corrected chi connectivity index (χ4v) is 7.74. The molecule has 1 saturated carbocycles. The van der Waals surface area contributed by atoms with Crippen LogP contribution in [-0.2, 0) is 28.7 Å². The van der Waals surface area contributed by atoms with E-state index in [0.29, 0.717) is 37.6 Å². The largest absolute Gasteiger partial charge is 0.491 e. The molecule has 1 aliphatic carbocycles. The number of anilines is 2. The van der Waals surface area contributed by atoms with E-state index in [1.807, 2.05) is 93.0 Å². The fourth-order valence-electron chi connectivity index (χ4n) is 6.91. The molecule has 0 amide bonds. The monoisotopic (exact) mass is 752 g/mol. The molecule has 4 aromatic rings. The number of rotatable bonds is 16. The molecule has 1 atom stereocenters. The molecule has 12 heteroatoms. The number of ether oxygens (including phenoxy) is 2. The van der Waals surface area contributed by atoms with E-state index in [0.717, 1.165) is 48.2 Å². The molecule has 6 rings (SSSR count). The molecule has 0 aromatic heterocycles. The number of aliphatic hydroxyl groups excluding tert-OH is 1. The van der Waals surface area contributed by atoms with Crippen LogP contribution in [0.25, 0.3) is 0 Å². The number of aliphatic hydroxyl groups is 1. The molecule has 4 N–H and O–H groups in total. The van der Waals surface area contributed by atoms with Crippen LogP contribution in [0.15, 0.2) is 113 Å². The number of nitrogens with zero attached hydrogens (tertiary/aromatic N) is 3. The van der Waals surface area contributed by atoms with E-state index in [4.69, 9.17) is 14.5 Å². The van der Waals surface area contributed by atoms with E-state index in [1.165, 1.54) is 5.56 Å². The van der Waals surface area contributed by atoms with Crippen molar-refractivity contribution in [1.82, 2.24) is 10.0 Å². The summed E-state index contributed by atoms with van der Waals surface area (Å²) in [7, 11) is 0.155. The molecule has 0 unspecified atom stereocenters. The van der Waals surface area contributed by atoms with E-state index in [2.05, 4.69) is 62.8 Å². The van der Waals surface area contributed by atoms with Crippen molar-refractivity contribution in [2.45, 2.75) is 69.6 Å². The van der Waals surface area contributed by atoms with Gasteiger partial charge in [-0.15, -0.1) is 4.40 Å². The van der Waals surface area contributed by atoms with Gasteiger partial charge in [0.25, 0.3) is 0 Å². The zero-order valence-electron chi connectivity index (χ0n) is 31.6. The standard InChI is InChI=1S/C42H52N6O5S/c1-41(2,44-27-36(49)29-53-38-22-20-37(21-23-38)52-28-32-10-6-5-7-11-32)26-31-12-16-34(17-13-31)45-40-39(46-54(50,51)47-40)43-30-42(24-8-9-25-42)33-14-18-35(19-15-33)48(3)4/h5-7,10-23,36,44,49H,8-9,24-30H2,1-4H3,(H,43,46)(H,45,47)/t36-/m0/s1. The molecule has 54 heavy (non-hydrogen) atoms. The van der Waals surface area contributed by atoms with Gasteiger partial charge in [-0.3, -0.25) is 4.99 Å². The van der Waals surface area contributed by atoms with Crippen LogP contribution in [0.3, 0.4) is 0 Å². The Balaban J connectivity index is 0.981. The van der Waals surface area contributed by atoms with Crippen LogP contribution >= 0.6 is 0 Å². The lowest BCUT2D eigenvalue weighted by molar-refractivity contribution is 0.0988. The summed E-state index contributed by atoms with van der Waals surface area (Å²) in [6.07, 6.45) is 4.22. The molecule has 11 nitrogen and oxygen atoms in total. The van der Waals surface area contributed by atoms with Gasteiger partial charge in [0.1, 0.15) is 30.8 Å². The number of benzene rings is 4. The third-order valence-corrected chi connectivity index (χ3v) is 10.8. The van der Waals surface area contributed by atoms with Crippen LogP contribution in [0.4, 0.5) is 11.4 Å². The Morgan fingerprint density at radius 1 is 0.889 bits per heavy atom. The van der Waals surface area contributed by atoms with Crippen LogP contribution in [-0.4, -0.2) is 70.6 Å². The predicted molar refractivity (Wildman–Crippen MR) is 217 cm³/mol. The van der Waals surface area contributed by atoms with Gasteiger partial charge in [-0.05, 0) is 98.3 Å². The second kappa shape index (κ2) is 17.0. The van der Waals surface area contributed by atoms with Gasteiger partial charge in [-0.25, -0.2) is 4.72 Å². The summed E-state index contributed by atoms with van der Waals surface area (Å²) in [4.78, 5) is 6.89. The van der Waals surface area contributed by atoms with Crippen LogP contribution < -0.4 is 29.7 Å². The van der Waals surface area contributed by atoms with Crippen molar-refractivity contribution >= 4 is 33.3 Å². The van der Waals surface area contributed by atoms with Gasteiger partial charge in [0.05, 0.1) is 6.54 Å². The average molecular weight is 753 g/mol. The third-order valence-electron chi connectivity index (χ3n) is 9.95. The van der Waals surface area contributed by atoms with Crippen molar-refractivity contribution in [1.29, 1.82) is 0 Å². The molecule has 0 saturated heterocycles. The zero-order chi connectivity index (χ0) is 38.2. The number of aliphatic imine (C=N–C) groups is 1. The highest BCUT2D eigenvalue weighted by atomic mass is 32.2. The van der Waals surface area contributed by atoms with E-state index in [1.54, 1.807) is 0 Å². The first-order valence-electron chi connectivity index (χ1n) is 18.5. The van der Waals surface area contributed by atoms with Gasteiger partial charge in [-0.2, -0.15) is 8.42 Å². The molecule has 1 heterocycles. The van der Waals surface area contributed by atoms with Crippen LogP contribution in [0.1, 0.15) is 56.2 Å². The van der Waals surface area contributed by atoms with Crippen LogP contribution in [0.2, 0.25) is 0 Å². The minimum absolute atomic E-state index is 0.145. The summed E-state index contributed by atoms with van der Waals surface area (Å²) >= 11 is 0. The van der Waals surface area contributed by atoms with Crippen molar-refractivity contribution in [3.05, 3.63) is 120 Å². The number of nitrogens with one attached hydrogen (secondary N) is 3. The number of hydrogen-bond acceptors (Lipinski definition) is 9. The van der Waals surface area contributed by atoms with Gasteiger partial charge in [0.2, 0.25) is 0 Å². The third kappa shape index (κ3) is 10.6. The van der Waals surface area contributed by atoms with Crippen molar-refractivity contribution in [3.63, 3.8) is 0 Å². The highest BCUT2D eigenvalue weighted by Gasteiger charge is 2.37. The molecule has 1 aliphatic heterocycles. The lowest BCUT2D eigenvalue weighted by atomic mass is 9.79. The van der Waals surface area contributed by atoms with Gasteiger partial charge in [0.15, 0.2) is 11.7 Å². The topological polar surface area (TPSA) is 137 Å². The second-order valence-electron chi connectivity index (χ2n) is 15.1. The maximum atomic E-state index is 12.5. The SMILES string of the molecule is CN(C)c1ccc(C2(CN=C3NS(=O)(=O)N=C3Nc3ccc(CC(C)(C)NC[C@H](O)COc4ccc(OCc5ccccc5)cc4)cc3)CCCC2)cc1. The smallest absolute Gasteiger partial charge is 0.345 e. The minimum Gasteiger partial charge on any atom is -0.491 e. The normalized spacial score (nSPS) is 17.4. The molecule has 1 fully saturated rings. The summed E-state index contributed by atoms with van der Waals surface area (Å²) in [5, 5.41) is 17.3. The number of β-amino-alcohol motifs (C(OH)–C–C–N with tert-alkyl or cyclic N) is 1. The Kier molecular flexibility index (Phi) is 12.3. The highest BCUT2D eigenvalue weighted by molar-refractivity contribution is 7.89. The molecule has 286 valence electrons. The molecule has 0 spiro atoms. The molecule has 0 radical (unpaired) electrons. The Bertz CT molecular complexity index is 1990. The molecule has 4 aromatic carbocycles. The van der Waals surface area contributed by atoms with Crippen molar-refractivity contribution in [2.24, 2.45) is 9.39 Å². The van der Waals surface area contributed by atoms with Crippen LogP contribution in [0, 0.1) is 0 Å². The Morgan fingerprint density at radius 3 is 2.19 bits per heavy atom. The first-order valence-corrected chi connectivity index (χ1v) is 20.0. The van der Waals surface area contributed by atoms with Gasteiger partial charge < -0.3 is 30.1 Å². The summed E-state index contributed by atoms with van der Waals surface area (Å²) in [5.41, 5.74) is 4.78. The van der Waals surface area contributed by atoms with Crippen molar-refractivity contribution in [2.75, 3.05) is 44.0 Å². The molecule has 2 aliphatic rings. The predicted octanol–water partition coefficient (Wildman–Crippen LogP) is 6.25. The Morgan fingerprint density at radius 2 is 1.54 bits per heavy atom. The van der Waals surface area contributed by atoms with E-state index in [-0.39, 0.29) is 29.2 Å². The van der Waals surface area contributed by atoms with Gasteiger partial charge in [-0.1, -0.05) is 67.4 Å². The average Bonchev–Trinajstić information content (AvgIpc) is 3.76. The quantitative estimate of drug-likeness (QED) is 0.106. The maximum absolute atomic E-state index is 12.5. The highest BCUT2D eigenvalue weighted by Crippen LogP contribution is 2.42. The fraction of sp³-hybridized carbons (Fsp3) is 0.381. The summed E-state index contributed by atoms with van der Waals surface area (Å²) in [5.74, 6) is 1.82. The van der Waals surface area contributed by atoms with E-state index < -0.39 is 16.3 Å². The maximum Gasteiger partial charge on any atom is 0.345 e. The minimum atomic E-state index is -3.89. The summed E-state index contributed by atoms with van der Waals surface area (Å²) in [6.45, 7) is 5.64. The first kappa shape index (κ1) is 38.8. The van der Waals surface area contributed by atoms with Crippen LogP contribution in [0.5, 0.6) is 11.5 Å².